The number of nitrogens with zero attached hydrogens (tertiary/aromatic N) is 1. The van der Waals surface area contributed by atoms with E-state index in [1.807, 2.05) is 0 Å². The van der Waals surface area contributed by atoms with Crippen molar-refractivity contribution in [3.8, 4) is 0 Å². The predicted octanol–water partition coefficient (Wildman–Crippen LogP) is 3.09. The number of hydrogen-bond donors (Lipinski definition) is 1. The molecule has 1 N–H and O–H groups in total. The van der Waals surface area contributed by atoms with Gasteiger partial charge in [-0.1, -0.05) is 17.7 Å². The average Bonchev–Trinajstić information content (AvgIpc) is 2.37. The van der Waals surface area contributed by atoms with Gasteiger partial charge in [-0.2, -0.15) is 0 Å². The summed E-state index contributed by atoms with van der Waals surface area (Å²) in [5.74, 6) is 0.400. The quantitative estimate of drug-likeness (QED) is 0.674. The lowest BCUT2D eigenvalue weighted by molar-refractivity contribution is -0.383. The Labute approximate surface area is 110 Å². The minimum absolute atomic E-state index is 0.0594. The second kappa shape index (κ2) is 6.02. The van der Waals surface area contributed by atoms with Crippen LogP contribution in [0, 0.1) is 16.0 Å². The number of ether oxygens (including phenoxy) is 1. The Bertz CT molecular complexity index is 433. The zero-order chi connectivity index (χ0) is 13.0. The molecule has 0 aliphatic carbocycles. The number of halogens is 1. The molecule has 18 heavy (non-hydrogen) atoms. The van der Waals surface area contributed by atoms with Crippen LogP contribution in [0.25, 0.3) is 0 Å². The standard InChI is InChI=1S/C12H15ClN2O3/c13-10-4-1-5-11(12(10)15(16)17)14-7-9-3-2-6-18-8-9/h1,4-5,9,14H,2-3,6-8H2. The van der Waals surface area contributed by atoms with E-state index in [2.05, 4.69) is 5.32 Å². The van der Waals surface area contributed by atoms with Crippen LogP contribution in [0.15, 0.2) is 18.2 Å². The Morgan fingerprint density at radius 1 is 1.56 bits per heavy atom. The summed E-state index contributed by atoms with van der Waals surface area (Å²) in [6.07, 6.45) is 2.13. The highest BCUT2D eigenvalue weighted by molar-refractivity contribution is 6.33. The molecule has 0 amide bonds. The van der Waals surface area contributed by atoms with Crippen molar-refractivity contribution in [2.45, 2.75) is 12.8 Å². The van der Waals surface area contributed by atoms with Gasteiger partial charge in [-0.05, 0) is 30.9 Å². The molecule has 0 spiro atoms. The van der Waals surface area contributed by atoms with Crippen molar-refractivity contribution in [2.75, 3.05) is 25.1 Å². The van der Waals surface area contributed by atoms with E-state index in [1.165, 1.54) is 6.07 Å². The molecule has 1 aliphatic rings. The molecule has 1 aliphatic heterocycles. The van der Waals surface area contributed by atoms with E-state index in [9.17, 15) is 10.1 Å². The summed E-state index contributed by atoms with van der Waals surface area (Å²) in [7, 11) is 0. The Morgan fingerprint density at radius 3 is 3.06 bits per heavy atom. The van der Waals surface area contributed by atoms with Gasteiger partial charge < -0.3 is 10.1 Å². The third-order valence-corrected chi connectivity index (χ3v) is 3.31. The molecule has 1 atom stereocenters. The first kappa shape index (κ1) is 13.1. The number of rotatable bonds is 4. The molecule has 0 bridgehead atoms. The summed E-state index contributed by atoms with van der Waals surface area (Å²) in [6.45, 7) is 2.19. The van der Waals surface area contributed by atoms with Crippen LogP contribution in [-0.2, 0) is 4.74 Å². The number of para-hydroxylation sites is 1. The molecule has 0 radical (unpaired) electrons. The molecule has 6 heteroatoms. The van der Waals surface area contributed by atoms with Crippen LogP contribution < -0.4 is 5.32 Å². The number of nitrogens with one attached hydrogen (secondary N) is 1. The fourth-order valence-electron chi connectivity index (χ4n) is 2.07. The lowest BCUT2D eigenvalue weighted by atomic mass is 10.0. The van der Waals surface area contributed by atoms with Crippen molar-refractivity contribution in [1.29, 1.82) is 0 Å². The van der Waals surface area contributed by atoms with E-state index >= 15 is 0 Å². The first-order valence-electron chi connectivity index (χ1n) is 5.93. The summed E-state index contributed by atoms with van der Waals surface area (Å²) in [4.78, 5) is 10.5. The number of nitro groups is 1. The largest absolute Gasteiger partial charge is 0.381 e. The van der Waals surface area contributed by atoms with Crippen LogP contribution in [0.4, 0.5) is 11.4 Å². The lowest BCUT2D eigenvalue weighted by Gasteiger charge is -2.22. The normalized spacial score (nSPS) is 19.5. The van der Waals surface area contributed by atoms with Crippen molar-refractivity contribution in [2.24, 2.45) is 5.92 Å². The molecule has 1 saturated heterocycles. The highest BCUT2D eigenvalue weighted by atomic mass is 35.5. The van der Waals surface area contributed by atoms with Crippen molar-refractivity contribution < 1.29 is 9.66 Å². The van der Waals surface area contributed by atoms with Crippen LogP contribution >= 0.6 is 11.6 Å². The van der Waals surface area contributed by atoms with Gasteiger partial charge in [0.15, 0.2) is 0 Å². The van der Waals surface area contributed by atoms with Gasteiger partial charge in [-0.15, -0.1) is 0 Å². The van der Waals surface area contributed by atoms with E-state index in [4.69, 9.17) is 16.3 Å². The van der Waals surface area contributed by atoms with Crippen LogP contribution in [0.1, 0.15) is 12.8 Å². The molecular formula is C12H15ClN2O3. The molecule has 0 aromatic heterocycles. The van der Waals surface area contributed by atoms with Gasteiger partial charge in [0.25, 0.3) is 0 Å². The average molecular weight is 271 g/mol. The van der Waals surface area contributed by atoms with E-state index in [0.717, 1.165) is 19.4 Å². The van der Waals surface area contributed by atoms with E-state index < -0.39 is 4.92 Å². The van der Waals surface area contributed by atoms with Crippen molar-refractivity contribution in [3.63, 3.8) is 0 Å². The van der Waals surface area contributed by atoms with Gasteiger partial charge in [0, 0.05) is 13.2 Å². The molecule has 1 heterocycles. The molecule has 0 saturated carbocycles. The zero-order valence-electron chi connectivity index (χ0n) is 9.89. The zero-order valence-corrected chi connectivity index (χ0v) is 10.7. The maximum absolute atomic E-state index is 11.0. The molecule has 1 aromatic rings. The summed E-state index contributed by atoms with van der Waals surface area (Å²) in [5, 5.41) is 14.2. The summed E-state index contributed by atoms with van der Waals surface area (Å²) < 4.78 is 5.37. The predicted molar refractivity (Wildman–Crippen MR) is 70.1 cm³/mol. The van der Waals surface area contributed by atoms with Gasteiger partial charge in [0.2, 0.25) is 0 Å². The van der Waals surface area contributed by atoms with Crippen molar-refractivity contribution in [3.05, 3.63) is 33.3 Å². The van der Waals surface area contributed by atoms with E-state index in [-0.39, 0.29) is 10.7 Å². The summed E-state index contributed by atoms with van der Waals surface area (Å²) in [6, 6.07) is 4.90. The van der Waals surface area contributed by atoms with Gasteiger partial charge >= 0.3 is 5.69 Å². The fraction of sp³-hybridized carbons (Fsp3) is 0.500. The van der Waals surface area contributed by atoms with Gasteiger partial charge in [-0.25, -0.2) is 0 Å². The first-order valence-corrected chi connectivity index (χ1v) is 6.31. The molecule has 1 aromatic carbocycles. The van der Waals surface area contributed by atoms with Crippen LogP contribution in [0.3, 0.4) is 0 Å². The Kier molecular flexibility index (Phi) is 4.38. The second-order valence-corrected chi connectivity index (χ2v) is 4.76. The van der Waals surface area contributed by atoms with Gasteiger partial charge in [-0.3, -0.25) is 10.1 Å². The fourth-order valence-corrected chi connectivity index (χ4v) is 2.31. The van der Waals surface area contributed by atoms with Gasteiger partial charge in [0.05, 0.1) is 11.5 Å². The Balaban J connectivity index is 2.04. The number of nitro benzene ring substituents is 1. The van der Waals surface area contributed by atoms with Crippen molar-refractivity contribution in [1.82, 2.24) is 0 Å². The van der Waals surface area contributed by atoms with Crippen molar-refractivity contribution >= 4 is 23.0 Å². The SMILES string of the molecule is O=[N+]([O-])c1c(Cl)cccc1NCC1CCCOC1. The molecule has 1 unspecified atom stereocenters. The molecule has 2 rings (SSSR count). The minimum atomic E-state index is -0.456. The number of benzene rings is 1. The summed E-state index contributed by atoms with van der Waals surface area (Å²) in [5.41, 5.74) is 0.411. The first-order chi connectivity index (χ1) is 8.68. The van der Waals surface area contributed by atoms with E-state index in [0.29, 0.717) is 24.8 Å². The van der Waals surface area contributed by atoms with Gasteiger partial charge in [0.1, 0.15) is 10.7 Å². The lowest BCUT2D eigenvalue weighted by Crippen LogP contribution is -2.24. The number of hydrogen-bond acceptors (Lipinski definition) is 4. The third kappa shape index (κ3) is 3.11. The molecule has 5 nitrogen and oxygen atoms in total. The second-order valence-electron chi connectivity index (χ2n) is 4.36. The summed E-state index contributed by atoms with van der Waals surface area (Å²) >= 11 is 5.84. The Morgan fingerprint density at radius 2 is 2.39 bits per heavy atom. The van der Waals surface area contributed by atoms with Crippen LogP contribution in [0.5, 0.6) is 0 Å². The minimum Gasteiger partial charge on any atom is -0.381 e. The topological polar surface area (TPSA) is 64.4 Å². The maximum Gasteiger partial charge on any atom is 0.310 e. The van der Waals surface area contributed by atoms with Crippen LogP contribution in [0.2, 0.25) is 5.02 Å². The molecule has 1 fully saturated rings. The number of anilines is 1. The third-order valence-electron chi connectivity index (χ3n) is 3.01. The van der Waals surface area contributed by atoms with E-state index in [1.54, 1.807) is 12.1 Å². The smallest absolute Gasteiger partial charge is 0.310 e. The highest BCUT2D eigenvalue weighted by Crippen LogP contribution is 2.32. The molecular weight excluding hydrogens is 256 g/mol. The monoisotopic (exact) mass is 270 g/mol. The van der Waals surface area contributed by atoms with Crippen LogP contribution in [-0.4, -0.2) is 24.7 Å². The highest BCUT2D eigenvalue weighted by Gasteiger charge is 2.20. The maximum atomic E-state index is 11.0. The Hall–Kier alpha value is -1.33. The molecule has 98 valence electrons.